The van der Waals surface area contributed by atoms with Crippen LogP contribution >= 0.6 is 0 Å². The number of benzene rings is 2. The van der Waals surface area contributed by atoms with Crippen LogP contribution in [0.1, 0.15) is 43.1 Å². The standard InChI is InChI=1S/C23H32N2O4S2/c1-17(2)31(28,29)25-22-5-4-16-30(26,27)23(22)21-12-10-20(11-13-21)19-8-6-18(7-9-19)14-15-24-3/h6-13,17,22-25H,4-5,14-16H2,1-3H3. The highest BCUT2D eigenvalue weighted by atomic mass is 32.2. The Bertz CT molecular complexity index is 1080. The van der Waals surface area contributed by atoms with Crippen LogP contribution in [-0.2, 0) is 26.3 Å². The number of sulfonamides is 1. The van der Waals surface area contributed by atoms with E-state index in [1.165, 1.54) is 5.56 Å². The molecule has 0 radical (unpaired) electrons. The molecule has 3 rings (SSSR count). The highest BCUT2D eigenvalue weighted by molar-refractivity contribution is 7.92. The Kier molecular flexibility index (Phi) is 7.57. The lowest BCUT2D eigenvalue weighted by Crippen LogP contribution is -2.47. The second kappa shape index (κ2) is 9.81. The van der Waals surface area contributed by atoms with E-state index in [-0.39, 0.29) is 5.75 Å². The first-order valence-corrected chi connectivity index (χ1v) is 14.0. The SMILES string of the molecule is CNCCc1ccc(-c2ccc(C3C(NS(=O)(=O)C(C)C)CCCS3(=O)=O)cc2)cc1. The van der Waals surface area contributed by atoms with Crippen molar-refractivity contribution in [2.24, 2.45) is 0 Å². The highest BCUT2D eigenvalue weighted by Crippen LogP contribution is 2.35. The van der Waals surface area contributed by atoms with Gasteiger partial charge in [-0.1, -0.05) is 48.5 Å². The molecule has 0 bridgehead atoms. The minimum absolute atomic E-state index is 0.0768. The van der Waals surface area contributed by atoms with E-state index in [9.17, 15) is 16.8 Å². The first-order valence-electron chi connectivity index (χ1n) is 10.7. The van der Waals surface area contributed by atoms with Crippen LogP contribution in [0.5, 0.6) is 0 Å². The fourth-order valence-corrected chi connectivity index (χ4v) is 7.07. The van der Waals surface area contributed by atoms with Crippen LogP contribution in [0.15, 0.2) is 48.5 Å². The molecule has 1 heterocycles. The molecule has 6 nitrogen and oxygen atoms in total. The molecule has 0 saturated carbocycles. The molecule has 0 aromatic heterocycles. The summed E-state index contributed by atoms with van der Waals surface area (Å²) < 4.78 is 53.2. The van der Waals surface area contributed by atoms with Gasteiger partial charge in [0.15, 0.2) is 9.84 Å². The molecule has 2 atom stereocenters. The lowest BCUT2D eigenvalue weighted by molar-refractivity contribution is 0.469. The van der Waals surface area contributed by atoms with Gasteiger partial charge in [0.1, 0.15) is 5.25 Å². The number of hydrogen-bond donors (Lipinski definition) is 2. The Balaban J connectivity index is 1.86. The van der Waals surface area contributed by atoms with Crippen LogP contribution in [-0.4, -0.2) is 47.5 Å². The average molecular weight is 465 g/mol. The quantitative estimate of drug-likeness (QED) is 0.626. The number of nitrogens with one attached hydrogen (secondary N) is 2. The molecular weight excluding hydrogens is 432 g/mol. The van der Waals surface area contributed by atoms with Gasteiger partial charge in [-0.25, -0.2) is 21.6 Å². The van der Waals surface area contributed by atoms with E-state index in [1.807, 2.05) is 31.3 Å². The van der Waals surface area contributed by atoms with Gasteiger partial charge in [0.2, 0.25) is 10.0 Å². The summed E-state index contributed by atoms with van der Waals surface area (Å²) in [6, 6.07) is 15.1. The maximum absolute atomic E-state index is 12.9. The Morgan fingerprint density at radius 3 is 2.13 bits per heavy atom. The number of hydrogen-bond acceptors (Lipinski definition) is 5. The third kappa shape index (κ3) is 5.74. The Morgan fingerprint density at radius 1 is 1.00 bits per heavy atom. The summed E-state index contributed by atoms with van der Waals surface area (Å²) in [6.07, 6.45) is 1.93. The zero-order valence-electron chi connectivity index (χ0n) is 18.3. The van der Waals surface area contributed by atoms with Crippen molar-refractivity contribution in [3.8, 4) is 11.1 Å². The van der Waals surface area contributed by atoms with Crippen molar-refractivity contribution in [3.05, 3.63) is 59.7 Å². The van der Waals surface area contributed by atoms with Gasteiger partial charge in [0, 0.05) is 6.04 Å². The van der Waals surface area contributed by atoms with Crippen molar-refractivity contribution in [3.63, 3.8) is 0 Å². The van der Waals surface area contributed by atoms with Crippen LogP contribution in [0.2, 0.25) is 0 Å². The van der Waals surface area contributed by atoms with Gasteiger partial charge < -0.3 is 5.32 Å². The molecule has 0 amide bonds. The van der Waals surface area contributed by atoms with Crippen LogP contribution < -0.4 is 10.0 Å². The molecule has 2 unspecified atom stereocenters. The molecule has 0 aliphatic carbocycles. The number of rotatable bonds is 8. The minimum Gasteiger partial charge on any atom is -0.319 e. The second-order valence-corrected chi connectivity index (χ2v) is 12.9. The summed E-state index contributed by atoms with van der Waals surface area (Å²) in [4.78, 5) is 0. The van der Waals surface area contributed by atoms with Gasteiger partial charge in [-0.15, -0.1) is 0 Å². The predicted molar refractivity (Wildman–Crippen MR) is 126 cm³/mol. The van der Waals surface area contributed by atoms with Gasteiger partial charge in [-0.2, -0.15) is 0 Å². The summed E-state index contributed by atoms with van der Waals surface area (Å²) in [5, 5.41) is 1.66. The molecule has 0 spiro atoms. The lowest BCUT2D eigenvalue weighted by Gasteiger charge is -2.32. The third-order valence-corrected chi connectivity index (χ3v) is 9.93. The van der Waals surface area contributed by atoms with Crippen LogP contribution in [0, 0.1) is 0 Å². The van der Waals surface area contributed by atoms with Crippen LogP contribution in [0.4, 0.5) is 0 Å². The van der Waals surface area contributed by atoms with E-state index in [2.05, 4.69) is 34.3 Å². The molecule has 1 fully saturated rings. The Morgan fingerprint density at radius 2 is 1.58 bits per heavy atom. The maximum Gasteiger partial charge on any atom is 0.214 e. The molecule has 31 heavy (non-hydrogen) atoms. The lowest BCUT2D eigenvalue weighted by atomic mass is 9.97. The molecular formula is C23H32N2O4S2. The maximum atomic E-state index is 12.9. The predicted octanol–water partition coefficient (Wildman–Crippen LogP) is 3.06. The average Bonchev–Trinajstić information content (AvgIpc) is 2.72. The highest BCUT2D eigenvalue weighted by Gasteiger charge is 2.40. The number of likely N-dealkylation sites (N-methyl/N-ethyl adjacent to an activating group) is 1. The van der Waals surface area contributed by atoms with Crippen molar-refractivity contribution in [1.82, 2.24) is 10.0 Å². The molecule has 1 saturated heterocycles. The summed E-state index contributed by atoms with van der Waals surface area (Å²) in [5.74, 6) is 0.0768. The van der Waals surface area contributed by atoms with E-state index < -0.39 is 36.4 Å². The van der Waals surface area contributed by atoms with Gasteiger partial charge in [-0.05, 0) is 69.0 Å². The third-order valence-electron chi connectivity index (χ3n) is 5.82. The topological polar surface area (TPSA) is 92.3 Å². The molecule has 1 aliphatic rings. The van der Waals surface area contributed by atoms with Gasteiger partial charge in [0.25, 0.3) is 0 Å². The van der Waals surface area contributed by atoms with Crippen molar-refractivity contribution >= 4 is 19.9 Å². The fraction of sp³-hybridized carbons (Fsp3) is 0.478. The van der Waals surface area contributed by atoms with E-state index >= 15 is 0 Å². The van der Waals surface area contributed by atoms with Crippen molar-refractivity contribution in [2.45, 2.75) is 49.7 Å². The van der Waals surface area contributed by atoms with E-state index in [4.69, 9.17) is 0 Å². The largest absolute Gasteiger partial charge is 0.319 e. The Hall–Kier alpha value is -1.74. The van der Waals surface area contributed by atoms with E-state index in [1.54, 1.807) is 13.8 Å². The molecule has 2 N–H and O–H groups in total. The molecule has 2 aromatic rings. The molecule has 170 valence electrons. The van der Waals surface area contributed by atoms with Crippen molar-refractivity contribution in [2.75, 3.05) is 19.3 Å². The van der Waals surface area contributed by atoms with Crippen molar-refractivity contribution < 1.29 is 16.8 Å². The summed E-state index contributed by atoms with van der Waals surface area (Å²) >= 11 is 0. The molecule has 1 aliphatic heterocycles. The molecule has 8 heteroatoms. The Labute approximate surface area is 186 Å². The first-order chi connectivity index (χ1) is 14.6. The summed E-state index contributed by atoms with van der Waals surface area (Å²) in [6.45, 7) is 4.10. The van der Waals surface area contributed by atoms with Gasteiger partial charge >= 0.3 is 0 Å². The summed E-state index contributed by atoms with van der Waals surface area (Å²) in [5.41, 5.74) is 3.94. The van der Waals surface area contributed by atoms with Crippen LogP contribution in [0.25, 0.3) is 11.1 Å². The summed E-state index contributed by atoms with van der Waals surface area (Å²) in [7, 11) is -5.09. The second-order valence-electron chi connectivity index (χ2n) is 8.42. The zero-order chi connectivity index (χ0) is 22.6. The van der Waals surface area contributed by atoms with E-state index in [0.29, 0.717) is 18.4 Å². The zero-order valence-corrected chi connectivity index (χ0v) is 20.0. The number of sulfone groups is 1. The molecule has 2 aromatic carbocycles. The van der Waals surface area contributed by atoms with Gasteiger partial charge in [-0.3, -0.25) is 0 Å². The first kappa shape index (κ1) is 23.9. The normalized spacial score (nSPS) is 21.3. The van der Waals surface area contributed by atoms with E-state index in [0.717, 1.165) is 24.1 Å². The smallest absolute Gasteiger partial charge is 0.214 e. The van der Waals surface area contributed by atoms with Crippen molar-refractivity contribution in [1.29, 1.82) is 0 Å². The fourth-order valence-electron chi connectivity index (χ4n) is 3.94. The minimum atomic E-state index is -3.57. The monoisotopic (exact) mass is 464 g/mol. The van der Waals surface area contributed by atoms with Gasteiger partial charge in [0.05, 0.1) is 11.0 Å². The van der Waals surface area contributed by atoms with Crippen LogP contribution in [0.3, 0.4) is 0 Å².